The number of allylic oxidation sites excluding steroid dienone is 4. The van der Waals surface area contributed by atoms with Gasteiger partial charge in [-0.05, 0) is 12.3 Å². The largest absolute Gasteiger partial charge is 4.00 e. The van der Waals surface area contributed by atoms with Gasteiger partial charge in [-0.25, -0.2) is 24.1 Å². The fraction of sp³-hybridized carbons (Fsp3) is 0.474. The first-order valence-corrected chi connectivity index (χ1v) is 10.3. The summed E-state index contributed by atoms with van der Waals surface area (Å²) in [5.74, 6) is 0.884. The smallest absolute Gasteiger partial charge is 1.00 e. The molecule has 0 amide bonds. The van der Waals surface area contributed by atoms with E-state index in [0.29, 0.717) is 0 Å². The summed E-state index contributed by atoms with van der Waals surface area (Å²) >= 11 is 0. The Balaban J connectivity index is -0.000000270. The molecule has 1 aromatic rings. The second kappa shape index (κ2) is 18.7. The van der Waals surface area contributed by atoms with Crippen LogP contribution in [-0.4, -0.2) is 9.52 Å². The summed E-state index contributed by atoms with van der Waals surface area (Å²) in [7, 11) is 0.750. The van der Waals surface area contributed by atoms with Crippen LogP contribution in [0, 0.1) is 12.3 Å². The molecule has 1 radical (unpaired) electrons. The second-order valence-corrected chi connectivity index (χ2v) is 6.58. The molecule has 0 N–H and O–H groups in total. The van der Waals surface area contributed by atoms with Gasteiger partial charge in [0.2, 0.25) is 0 Å². The second-order valence-electron chi connectivity index (χ2n) is 5.43. The molecular weight excluding hydrogens is 418 g/mol. The van der Waals surface area contributed by atoms with Gasteiger partial charge in [0, 0.05) is 9.52 Å². The molecule has 2 aliphatic carbocycles. The van der Waals surface area contributed by atoms with E-state index in [4.69, 9.17) is 0 Å². The molecular formula is C19H29Cl2SiZr. The Labute approximate surface area is 177 Å². The molecule has 0 heterocycles. The number of halogens is 2. The topological polar surface area (TPSA) is 0 Å². The van der Waals surface area contributed by atoms with E-state index in [1.54, 1.807) is 5.57 Å². The van der Waals surface area contributed by atoms with E-state index in [-0.39, 0.29) is 51.0 Å². The van der Waals surface area contributed by atoms with Crippen LogP contribution in [0.5, 0.6) is 0 Å². The van der Waals surface area contributed by atoms with Crippen molar-refractivity contribution in [3.05, 3.63) is 60.1 Å². The van der Waals surface area contributed by atoms with Gasteiger partial charge in [0.05, 0.1) is 0 Å². The number of hydrogen-bond donors (Lipinski definition) is 0. The quantitative estimate of drug-likeness (QED) is 0.418. The van der Waals surface area contributed by atoms with Crippen molar-refractivity contribution in [2.75, 3.05) is 0 Å². The van der Waals surface area contributed by atoms with E-state index in [0.717, 1.165) is 15.4 Å². The minimum atomic E-state index is 0. The van der Waals surface area contributed by atoms with Crippen LogP contribution in [0.25, 0.3) is 0 Å². The predicted octanol–water partition coefficient (Wildman–Crippen LogP) is -0.630. The standard InChI is InChI=1S/C9H11.C8H11.C2H7Si.2ClH.Zr/c1-2-5-9-7-3-6-8(9)4-1;1-2-5-8-6-3-4-7-8;1-3-2;;;/h1-2,4,6,9H,3,5,7H2;3-4,6-7H,2,5H2,1H3;3H,1-2H3;2*1H;/q2*-1;;;;+4/p-2. The van der Waals surface area contributed by atoms with Gasteiger partial charge in [-0.2, -0.15) is 23.8 Å². The first-order chi connectivity index (χ1) is 9.81. The molecule has 127 valence electrons. The van der Waals surface area contributed by atoms with Gasteiger partial charge in [-0.15, -0.1) is 18.6 Å². The number of fused-ring (bicyclic) bond motifs is 1. The van der Waals surface area contributed by atoms with Crippen molar-refractivity contribution < 1.29 is 51.0 Å². The van der Waals surface area contributed by atoms with Crippen LogP contribution in [0.4, 0.5) is 0 Å². The Morgan fingerprint density at radius 1 is 1.26 bits per heavy atom. The van der Waals surface area contributed by atoms with Crippen LogP contribution in [0.15, 0.2) is 48.1 Å². The summed E-state index contributed by atoms with van der Waals surface area (Å²) in [5.41, 5.74) is 3.05. The maximum atomic E-state index is 2.37. The van der Waals surface area contributed by atoms with E-state index >= 15 is 0 Å². The summed E-state index contributed by atoms with van der Waals surface area (Å²) in [4.78, 5) is 0. The average Bonchev–Trinajstić information content (AvgIpc) is 3.11. The summed E-state index contributed by atoms with van der Waals surface area (Å²) in [5, 5.41) is 0. The minimum Gasteiger partial charge on any atom is -1.00 e. The van der Waals surface area contributed by atoms with Crippen LogP contribution in [0.1, 0.15) is 38.2 Å². The van der Waals surface area contributed by atoms with Gasteiger partial charge in [-0.1, -0.05) is 39.3 Å². The van der Waals surface area contributed by atoms with Crippen molar-refractivity contribution in [1.29, 1.82) is 0 Å². The van der Waals surface area contributed by atoms with Gasteiger partial charge in [-0.3, -0.25) is 0 Å². The molecule has 0 aliphatic heterocycles. The number of aryl methyl sites for hydroxylation is 1. The Morgan fingerprint density at radius 3 is 2.48 bits per heavy atom. The van der Waals surface area contributed by atoms with Gasteiger partial charge >= 0.3 is 26.2 Å². The number of hydrogen-bond acceptors (Lipinski definition) is 0. The molecule has 0 bridgehead atoms. The fourth-order valence-corrected chi connectivity index (χ4v) is 2.53. The van der Waals surface area contributed by atoms with Crippen LogP contribution >= 0.6 is 0 Å². The maximum Gasteiger partial charge on any atom is 4.00 e. The SMILES string of the molecule is C1=CCC2CC[CH-]C2=C1.CCCc1cc[cH-]c1.C[SiH]C.[Cl-].[Cl-].[Zr+4]. The third-order valence-electron chi connectivity index (χ3n) is 3.48. The molecule has 3 rings (SSSR count). The molecule has 1 saturated carbocycles. The Hall–Kier alpha value is 0.380. The molecule has 0 spiro atoms. The molecule has 0 nitrogen and oxygen atoms in total. The zero-order chi connectivity index (χ0) is 14.6. The molecule has 0 aromatic heterocycles. The predicted molar refractivity (Wildman–Crippen MR) is 93.8 cm³/mol. The third-order valence-corrected chi connectivity index (χ3v) is 3.48. The zero-order valence-electron chi connectivity index (χ0n) is 14.6. The molecule has 2 aliphatic rings. The van der Waals surface area contributed by atoms with E-state index in [1.807, 2.05) is 0 Å². The molecule has 1 atom stereocenters. The molecule has 0 saturated heterocycles. The maximum absolute atomic E-state index is 2.37. The average molecular weight is 448 g/mol. The van der Waals surface area contributed by atoms with Crippen molar-refractivity contribution >= 4 is 9.52 Å². The Bertz CT molecular complexity index is 400. The van der Waals surface area contributed by atoms with E-state index in [2.05, 4.69) is 68.9 Å². The summed E-state index contributed by atoms with van der Waals surface area (Å²) in [6.45, 7) is 6.62. The molecule has 23 heavy (non-hydrogen) atoms. The van der Waals surface area contributed by atoms with E-state index < -0.39 is 0 Å². The van der Waals surface area contributed by atoms with Crippen LogP contribution in [0.2, 0.25) is 13.1 Å². The summed E-state index contributed by atoms with van der Waals surface area (Å²) in [6, 6.07) is 8.52. The van der Waals surface area contributed by atoms with Crippen LogP contribution < -0.4 is 24.8 Å². The monoisotopic (exact) mass is 445 g/mol. The summed E-state index contributed by atoms with van der Waals surface area (Å²) in [6.07, 6.45) is 15.5. The van der Waals surface area contributed by atoms with Gasteiger partial charge < -0.3 is 24.8 Å². The molecule has 1 aromatic carbocycles. The first-order valence-electron chi connectivity index (χ1n) is 7.96. The third kappa shape index (κ3) is 12.4. The zero-order valence-corrected chi connectivity index (χ0v) is 19.7. The van der Waals surface area contributed by atoms with Crippen molar-refractivity contribution in [3.63, 3.8) is 0 Å². The van der Waals surface area contributed by atoms with Gasteiger partial charge in [0.15, 0.2) is 0 Å². The van der Waals surface area contributed by atoms with Crippen molar-refractivity contribution in [2.24, 2.45) is 5.92 Å². The van der Waals surface area contributed by atoms with Gasteiger partial charge in [0.25, 0.3) is 0 Å². The Morgan fingerprint density at radius 2 is 1.96 bits per heavy atom. The first kappa shape index (κ1) is 28.2. The van der Waals surface area contributed by atoms with Crippen LogP contribution in [0.3, 0.4) is 0 Å². The molecule has 1 unspecified atom stereocenters. The minimum absolute atomic E-state index is 0. The normalized spacial score (nSPS) is 16.3. The molecule has 1 fully saturated rings. The summed E-state index contributed by atoms with van der Waals surface area (Å²) < 4.78 is 0. The van der Waals surface area contributed by atoms with Crippen molar-refractivity contribution in [1.82, 2.24) is 0 Å². The van der Waals surface area contributed by atoms with Crippen molar-refractivity contribution in [3.8, 4) is 0 Å². The van der Waals surface area contributed by atoms with Crippen molar-refractivity contribution in [2.45, 2.75) is 52.1 Å². The molecule has 4 heteroatoms. The van der Waals surface area contributed by atoms with E-state index in [1.165, 1.54) is 37.7 Å². The van der Waals surface area contributed by atoms with Crippen LogP contribution in [-0.2, 0) is 32.6 Å². The van der Waals surface area contributed by atoms with E-state index in [9.17, 15) is 0 Å². The number of rotatable bonds is 2. The Kier molecular flexibility index (Phi) is 22.9. The fourth-order valence-electron chi connectivity index (χ4n) is 2.53. The van der Waals surface area contributed by atoms with Gasteiger partial charge in [0.1, 0.15) is 0 Å².